The Morgan fingerprint density at radius 1 is 1.16 bits per heavy atom. The van der Waals surface area contributed by atoms with Crippen LogP contribution in [0.4, 0.5) is 0 Å². The second kappa shape index (κ2) is 8.79. The van der Waals surface area contributed by atoms with Gasteiger partial charge in [0.25, 0.3) is 11.1 Å². The molecule has 1 aromatic carbocycles. The number of benzene rings is 1. The standard InChI is InChI=1S/C21H21ClN6O3S/c1-4-8-27-18(29)14-7-6-13(22)11-15(14)24-20(27)32-10-5-9-28-19(30)16-17(23-12-25(16)2)26(3)21(28)31/h4,6-7,11-12H,1,5,8-10H2,2-3H3. The van der Waals surface area contributed by atoms with Gasteiger partial charge < -0.3 is 4.57 Å². The summed E-state index contributed by atoms with van der Waals surface area (Å²) in [6.45, 7) is 4.29. The van der Waals surface area contributed by atoms with Crippen LogP contribution in [-0.2, 0) is 27.2 Å². The Hall–Kier alpha value is -3.11. The van der Waals surface area contributed by atoms with Gasteiger partial charge in [0, 0.05) is 38.0 Å². The second-order valence-electron chi connectivity index (χ2n) is 7.29. The normalized spacial score (nSPS) is 11.5. The third-order valence-electron chi connectivity index (χ3n) is 5.15. The van der Waals surface area contributed by atoms with Crippen LogP contribution in [0.3, 0.4) is 0 Å². The second-order valence-corrected chi connectivity index (χ2v) is 8.79. The highest BCUT2D eigenvalue weighted by atomic mass is 35.5. The van der Waals surface area contributed by atoms with E-state index in [9.17, 15) is 14.4 Å². The van der Waals surface area contributed by atoms with Crippen molar-refractivity contribution in [3.63, 3.8) is 0 Å². The summed E-state index contributed by atoms with van der Waals surface area (Å²) in [5, 5.41) is 1.52. The summed E-state index contributed by atoms with van der Waals surface area (Å²) >= 11 is 7.45. The Bertz CT molecular complexity index is 1530. The van der Waals surface area contributed by atoms with Crippen molar-refractivity contribution in [1.82, 2.24) is 28.2 Å². The largest absolute Gasteiger partial charge is 0.332 e. The van der Waals surface area contributed by atoms with E-state index in [0.29, 0.717) is 51.0 Å². The number of thioether (sulfide) groups is 1. The van der Waals surface area contributed by atoms with Crippen LogP contribution in [0.2, 0.25) is 5.02 Å². The third-order valence-corrected chi connectivity index (χ3v) is 6.45. The number of allylic oxidation sites excluding steroid dienone is 1. The number of rotatable bonds is 7. The Labute approximate surface area is 191 Å². The van der Waals surface area contributed by atoms with Crippen LogP contribution in [0, 0.1) is 0 Å². The molecule has 9 nitrogen and oxygen atoms in total. The van der Waals surface area contributed by atoms with Crippen molar-refractivity contribution < 1.29 is 0 Å². The molecule has 0 fully saturated rings. The molecule has 0 unspecified atom stereocenters. The average molecular weight is 473 g/mol. The number of aryl methyl sites for hydroxylation is 2. The van der Waals surface area contributed by atoms with Crippen molar-refractivity contribution in [2.75, 3.05) is 5.75 Å². The fraction of sp³-hybridized carbons (Fsp3) is 0.286. The topological polar surface area (TPSA) is 96.7 Å². The fourth-order valence-electron chi connectivity index (χ4n) is 3.55. The highest BCUT2D eigenvalue weighted by Gasteiger charge is 2.15. The minimum absolute atomic E-state index is 0.166. The van der Waals surface area contributed by atoms with Gasteiger partial charge in [-0.15, -0.1) is 6.58 Å². The predicted octanol–water partition coefficient (Wildman–Crippen LogP) is 2.17. The number of hydrogen-bond donors (Lipinski definition) is 0. The van der Waals surface area contributed by atoms with Crippen LogP contribution in [0.25, 0.3) is 22.1 Å². The Morgan fingerprint density at radius 3 is 2.69 bits per heavy atom. The number of imidazole rings is 1. The molecule has 0 amide bonds. The van der Waals surface area contributed by atoms with Crippen LogP contribution < -0.4 is 16.8 Å². The molecule has 32 heavy (non-hydrogen) atoms. The molecule has 11 heteroatoms. The first-order valence-electron chi connectivity index (χ1n) is 9.88. The zero-order chi connectivity index (χ0) is 23.0. The predicted molar refractivity (Wildman–Crippen MR) is 127 cm³/mol. The zero-order valence-corrected chi connectivity index (χ0v) is 19.2. The first-order valence-corrected chi connectivity index (χ1v) is 11.2. The van der Waals surface area contributed by atoms with Gasteiger partial charge in [0.1, 0.15) is 0 Å². The van der Waals surface area contributed by atoms with Gasteiger partial charge in [-0.25, -0.2) is 14.8 Å². The molecule has 0 saturated carbocycles. The highest BCUT2D eigenvalue weighted by Crippen LogP contribution is 2.21. The van der Waals surface area contributed by atoms with E-state index >= 15 is 0 Å². The van der Waals surface area contributed by atoms with Gasteiger partial charge in [0.2, 0.25) is 0 Å². The van der Waals surface area contributed by atoms with Gasteiger partial charge in [-0.2, -0.15) is 0 Å². The quantitative estimate of drug-likeness (QED) is 0.177. The maximum absolute atomic E-state index is 12.9. The van der Waals surface area contributed by atoms with E-state index in [1.54, 1.807) is 47.5 Å². The molecule has 0 saturated heterocycles. The summed E-state index contributed by atoms with van der Waals surface area (Å²) in [6.07, 6.45) is 3.68. The SMILES string of the molecule is C=CCn1c(SCCCn2c(=O)c3c(ncn3C)n(C)c2=O)nc2cc(Cl)ccc2c1=O. The van der Waals surface area contributed by atoms with E-state index in [4.69, 9.17) is 11.6 Å². The van der Waals surface area contributed by atoms with Crippen LogP contribution in [-0.4, -0.2) is 34.0 Å². The van der Waals surface area contributed by atoms with Crippen molar-refractivity contribution >= 4 is 45.4 Å². The van der Waals surface area contributed by atoms with E-state index in [0.717, 1.165) is 0 Å². The van der Waals surface area contributed by atoms with E-state index in [2.05, 4.69) is 16.5 Å². The maximum atomic E-state index is 12.9. The average Bonchev–Trinajstić information content (AvgIpc) is 3.15. The molecule has 0 N–H and O–H groups in total. The number of halogens is 1. The van der Waals surface area contributed by atoms with Gasteiger partial charge in [-0.3, -0.25) is 23.3 Å². The summed E-state index contributed by atoms with van der Waals surface area (Å²) in [6, 6.07) is 4.99. The molecule has 166 valence electrons. The van der Waals surface area contributed by atoms with Gasteiger partial charge in [0.05, 0.1) is 17.2 Å². The first-order chi connectivity index (χ1) is 15.3. The molecule has 0 spiro atoms. The van der Waals surface area contributed by atoms with Gasteiger partial charge in [-0.1, -0.05) is 29.4 Å². The molecule has 0 aliphatic carbocycles. The lowest BCUT2D eigenvalue weighted by Crippen LogP contribution is -2.39. The summed E-state index contributed by atoms with van der Waals surface area (Å²) in [4.78, 5) is 47.1. The van der Waals surface area contributed by atoms with Crippen LogP contribution >= 0.6 is 23.4 Å². The smallest absolute Gasteiger partial charge is 0.328 e. The maximum Gasteiger partial charge on any atom is 0.332 e. The van der Waals surface area contributed by atoms with E-state index in [-0.39, 0.29) is 17.7 Å². The zero-order valence-electron chi connectivity index (χ0n) is 17.6. The Balaban J connectivity index is 1.59. The summed E-state index contributed by atoms with van der Waals surface area (Å²) in [5.41, 5.74) is 0.328. The molecule has 0 atom stereocenters. The lowest BCUT2D eigenvalue weighted by Gasteiger charge is -2.12. The minimum Gasteiger partial charge on any atom is -0.328 e. The van der Waals surface area contributed by atoms with Crippen molar-refractivity contribution in [1.29, 1.82) is 0 Å². The van der Waals surface area contributed by atoms with Gasteiger partial charge in [0.15, 0.2) is 16.3 Å². The molecular formula is C21H21ClN6O3S. The molecule has 0 radical (unpaired) electrons. The molecular weight excluding hydrogens is 452 g/mol. The molecule has 0 aliphatic heterocycles. The van der Waals surface area contributed by atoms with Gasteiger partial charge in [-0.05, 0) is 24.6 Å². The third kappa shape index (κ3) is 3.80. The van der Waals surface area contributed by atoms with E-state index in [1.165, 1.54) is 27.2 Å². The summed E-state index contributed by atoms with van der Waals surface area (Å²) in [7, 11) is 3.32. The molecule has 3 heterocycles. The molecule has 0 aliphatic rings. The molecule has 4 rings (SSSR count). The number of nitrogens with zero attached hydrogens (tertiary/aromatic N) is 6. The minimum atomic E-state index is -0.409. The van der Waals surface area contributed by atoms with E-state index < -0.39 is 5.69 Å². The van der Waals surface area contributed by atoms with Crippen LogP contribution in [0.1, 0.15) is 6.42 Å². The monoisotopic (exact) mass is 472 g/mol. The van der Waals surface area contributed by atoms with Crippen molar-refractivity contribution in [2.45, 2.75) is 24.7 Å². The van der Waals surface area contributed by atoms with Crippen molar-refractivity contribution in [2.24, 2.45) is 14.1 Å². The van der Waals surface area contributed by atoms with Crippen LogP contribution in [0.5, 0.6) is 0 Å². The Morgan fingerprint density at radius 2 is 1.94 bits per heavy atom. The molecule has 4 aromatic rings. The lowest BCUT2D eigenvalue weighted by atomic mass is 10.2. The van der Waals surface area contributed by atoms with Crippen molar-refractivity contribution in [3.05, 3.63) is 73.4 Å². The lowest BCUT2D eigenvalue weighted by molar-refractivity contribution is 0.593. The molecule has 3 aromatic heterocycles. The molecule has 0 bridgehead atoms. The highest BCUT2D eigenvalue weighted by molar-refractivity contribution is 7.99. The van der Waals surface area contributed by atoms with Gasteiger partial charge >= 0.3 is 5.69 Å². The number of hydrogen-bond acceptors (Lipinski definition) is 6. The Kier molecular flexibility index (Phi) is 6.07. The first kappa shape index (κ1) is 22.1. The summed E-state index contributed by atoms with van der Waals surface area (Å²) in [5.74, 6) is 0.550. The fourth-order valence-corrected chi connectivity index (χ4v) is 4.65. The number of fused-ring (bicyclic) bond motifs is 2. The van der Waals surface area contributed by atoms with E-state index in [1.807, 2.05) is 0 Å². The van der Waals surface area contributed by atoms with Crippen LogP contribution in [0.15, 0.2) is 56.7 Å². The summed E-state index contributed by atoms with van der Waals surface area (Å²) < 4.78 is 5.76. The van der Waals surface area contributed by atoms with Crippen molar-refractivity contribution in [3.8, 4) is 0 Å². The number of aromatic nitrogens is 6.